The first-order valence-corrected chi connectivity index (χ1v) is 7.42. The third-order valence-corrected chi connectivity index (χ3v) is 4.11. The van der Waals surface area contributed by atoms with Crippen molar-refractivity contribution in [2.24, 2.45) is 0 Å². The Morgan fingerprint density at radius 1 is 1.24 bits per heavy atom. The molecular weight excluding hydrogens is 272 g/mol. The lowest BCUT2D eigenvalue weighted by Gasteiger charge is -2.24. The van der Waals surface area contributed by atoms with Crippen LogP contribution in [0.15, 0.2) is 0 Å². The van der Waals surface area contributed by atoms with Crippen molar-refractivity contribution in [1.82, 2.24) is 14.7 Å². The molecule has 1 fully saturated rings. The van der Waals surface area contributed by atoms with Crippen molar-refractivity contribution in [3.05, 3.63) is 21.5 Å². The average Bonchev–Trinajstić information content (AvgIpc) is 2.63. The van der Waals surface area contributed by atoms with Crippen LogP contribution in [0.5, 0.6) is 0 Å². The van der Waals surface area contributed by atoms with Gasteiger partial charge in [0.15, 0.2) is 0 Å². The van der Waals surface area contributed by atoms with Gasteiger partial charge in [0.2, 0.25) is 5.91 Å². The van der Waals surface area contributed by atoms with E-state index in [1.54, 1.807) is 20.8 Å². The molecular formula is C14H22N4O3. The van der Waals surface area contributed by atoms with E-state index in [0.717, 1.165) is 38.8 Å². The van der Waals surface area contributed by atoms with Gasteiger partial charge in [-0.25, -0.2) is 0 Å². The molecule has 0 saturated carbocycles. The van der Waals surface area contributed by atoms with Crippen molar-refractivity contribution < 1.29 is 9.72 Å². The van der Waals surface area contributed by atoms with Gasteiger partial charge in [-0.3, -0.25) is 19.6 Å². The molecule has 0 N–H and O–H groups in total. The van der Waals surface area contributed by atoms with Crippen molar-refractivity contribution in [3.8, 4) is 0 Å². The Labute approximate surface area is 124 Å². The second-order valence-electron chi connectivity index (χ2n) is 5.64. The van der Waals surface area contributed by atoms with E-state index in [1.165, 1.54) is 4.68 Å². The number of likely N-dealkylation sites (tertiary alicyclic amines) is 1. The molecule has 21 heavy (non-hydrogen) atoms. The average molecular weight is 294 g/mol. The van der Waals surface area contributed by atoms with Crippen LogP contribution in [0.3, 0.4) is 0 Å². The van der Waals surface area contributed by atoms with Crippen LogP contribution in [0.25, 0.3) is 0 Å². The van der Waals surface area contributed by atoms with Crippen LogP contribution in [-0.2, 0) is 4.79 Å². The van der Waals surface area contributed by atoms with Crippen molar-refractivity contribution >= 4 is 11.6 Å². The molecule has 116 valence electrons. The number of aryl methyl sites for hydroxylation is 1. The normalized spacial score (nSPS) is 17.4. The van der Waals surface area contributed by atoms with Crippen LogP contribution in [0, 0.1) is 24.0 Å². The Bertz CT molecular complexity index is 545. The van der Waals surface area contributed by atoms with Gasteiger partial charge in [0.25, 0.3) is 0 Å². The molecule has 0 bridgehead atoms. The summed E-state index contributed by atoms with van der Waals surface area (Å²) in [7, 11) is 0. The number of rotatable bonds is 3. The molecule has 1 aromatic rings. The molecule has 0 aliphatic carbocycles. The second-order valence-corrected chi connectivity index (χ2v) is 5.64. The zero-order valence-corrected chi connectivity index (χ0v) is 12.8. The van der Waals surface area contributed by atoms with Crippen LogP contribution in [0.2, 0.25) is 0 Å². The Morgan fingerprint density at radius 3 is 2.29 bits per heavy atom. The Balaban J connectivity index is 2.23. The minimum absolute atomic E-state index is 0.00241. The van der Waals surface area contributed by atoms with Gasteiger partial charge >= 0.3 is 5.69 Å². The fraction of sp³-hybridized carbons (Fsp3) is 0.714. The van der Waals surface area contributed by atoms with Gasteiger partial charge in [-0.2, -0.15) is 5.10 Å². The monoisotopic (exact) mass is 294 g/mol. The standard InChI is InChI=1S/C14H22N4O3/c1-10-13(18(20)21)11(2)17(15-10)12(3)14(19)16-8-6-4-5-7-9-16/h12H,4-9H2,1-3H3. The van der Waals surface area contributed by atoms with E-state index in [4.69, 9.17) is 0 Å². The van der Waals surface area contributed by atoms with E-state index in [9.17, 15) is 14.9 Å². The van der Waals surface area contributed by atoms with Gasteiger partial charge in [0, 0.05) is 13.1 Å². The van der Waals surface area contributed by atoms with Crippen molar-refractivity contribution in [2.45, 2.75) is 52.5 Å². The highest BCUT2D eigenvalue weighted by atomic mass is 16.6. The summed E-state index contributed by atoms with van der Waals surface area (Å²) >= 11 is 0. The lowest BCUT2D eigenvalue weighted by Crippen LogP contribution is -2.37. The summed E-state index contributed by atoms with van der Waals surface area (Å²) in [6.07, 6.45) is 4.36. The molecule has 1 aliphatic heterocycles. The maximum Gasteiger partial charge on any atom is 0.312 e. The largest absolute Gasteiger partial charge is 0.341 e. The predicted molar refractivity (Wildman–Crippen MR) is 78.1 cm³/mol. The fourth-order valence-corrected chi connectivity index (χ4v) is 2.96. The summed E-state index contributed by atoms with van der Waals surface area (Å²) in [6, 6.07) is -0.504. The van der Waals surface area contributed by atoms with Gasteiger partial charge in [0.05, 0.1) is 4.92 Å². The number of carbonyl (C=O) groups is 1. The Morgan fingerprint density at radius 2 is 1.81 bits per heavy atom. The number of aromatic nitrogens is 2. The molecule has 1 aliphatic rings. The first-order valence-electron chi connectivity index (χ1n) is 7.42. The van der Waals surface area contributed by atoms with Crippen LogP contribution in [0.4, 0.5) is 5.69 Å². The molecule has 0 radical (unpaired) electrons. The maximum atomic E-state index is 12.6. The Hall–Kier alpha value is -1.92. The molecule has 1 aromatic heterocycles. The minimum Gasteiger partial charge on any atom is -0.341 e. The van der Waals surface area contributed by atoms with E-state index in [2.05, 4.69) is 5.10 Å². The van der Waals surface area contributed by atoms with Crippen molar-refractivity contribution in [3.63, 3.8) is 0 Å². The van der Waals surface area contributed by atoms with Gasteiger partial charge in [-0.1, -0.05) is 12.8 Å². The highest BCUT2D eigenvalue weighted by Crippen LogP contribution is 2.25. The van der Waals surface area contributed by atoms with Crippen LogP contribution in [-0.4, -0.2) is 38.6 Å². The van der Waals surface area contributed by atoms with E-state index in [0.29, 0.717) is 11.4 Å². The van der Waals surface area contributed by atoms with Crippen molar-refractivity contribution in [1.29, 1.82) is 0 Å². The first kappa shape index (κ1) is 15.5. The number of nitrogens with zero attached hydrogens (tertiary/aromatic N) is 4. The summed E-state index contributed by atoms with van der Waals surface area (Å²) in [5.74, 6) is -0.00241. The molecule has 1 atom stereocenters. The maximum absolute atomic E-state index is 12.6. The smallest absolute Gasteiger partial charge is 0.312 e. The quantitative estimate of drug-likeness (QED) is 0.633. The molecule has 7 nitrogen and oxygen atoms in total. The third kappa shape index (κ3) is 3.06. The molecule has 1 amide bonds. The molecule has 0 aromatic carbocycles. The zero-order valence-electron chi connectivity index (χ0n) is 12.8. The molecule has 1 saturated heterocycles. The van der Waals surface area contributed by atoms with Crippen molar-refractivity contribution in [2.75, 3.05) is 13.1 Å². The fourth-order valence-electron chi connectivity index (χ4n) is 2.96. The number of hydrogen-bond donors (Lipinski definition) is 0. The van der Waals surface area contributed by atoms with Gasteiger partial charge in [0.1, 0.15) is 17.4 Å². The minimum atomic E-state index is -0.504. The summed E-state index contributed by atoms with van der Waals surface area (Å²) in [5.41, 5.74) is 0.798. The highest BCUT2D eigenvalue weighted by Gasteiger charge is 2.29. The summed E-state index contributed by atoms with van der Waals surface area (Å²) in [5, 5.41) is 15.3. The second kappa shape index (κ2) is 6.24. The molecule has 2 heterocycles. The van der Waals surface area contributed by atoms with E-state index in [-0.39, 0.29) is 11.6 Å². The van der Waals surface area contributed by atoms with E-state index >= 15 is 0 Å². The summed E-state index contributed by atoms with van der Waals surface area (Å²) < 4.78 is 1.49. The van der Waals surface area contributed by atoms with E-state index < -0.39 is 11.0 Å². The zero-order chi connectivity index (χ0) is 15.6. The van der Waals surface area contributed by atoms with Crippen LogP contribution >= 0.6 is 0 Å². The van der Waals surface area contributed by atoms with Gasteiger partial charge in [-0.15, -0.1) is 0 Å². The number of hydrogen-bond acceptors (Lipinski definition) is 4. The highest BCUT2D eigenvalue weighted by molar-refractivity contribution is 5.80. The lowest BCUT2D eigenvalue weighted by atomic mass is 10.2. The Kier molecular flexibility index (Phi) is 4.59. The predicted octanol–water partition coefficient (Wildman–Crippen LogP) is 2.37. The topological polar surface area (TPSA) is 81.3 Å². The van der Waals surface area contributed by atoms with E-state index in [1.807, 2.05) is 4.90 Å². The molecule has 7 heteroatoms. The molecule has 0 spiro atoms. The van der Waals surface area contributed by atoms with Gasteiger partial charge in [-0.05, 0) is 33.6 Å². The number of carbonyl (C=O) groups excluding carboxylic acids is 1. The number of amides is 1. The molecule has 2 rings (SSSR count). The first-order chi connectivity index (χ1) is 9.93. The van der Waals surface area contributed by atoms with Gasteiger partial charge < -0.3 is 4.90 Å². The van der Waals surface area contributed by atoms with Crippen LogP contribution in [0.1, 0.15) is 50.0 Å². The SMILES string of the molecule is Cc1nn(C(C)C(=O)N2CCCCCC2)c(C)c1[N+](=O)[O-]. The number of nitro groups is 1. The lowest BCUT2D eigenvalue weighted by molar-refractivity contribution is -0.386. The summed E-state index contributed by atoms with van der Waals surface area (Å²) in [4.78, 5) is 25.1. The molecule has 1 unspecified atom stereocenters. The van der Waals surface area contributed by atoms with Crippen LogP contribution < -0.4 is 0 Å². The summed E-state index contributed by atoms with van der Waals surface area (Å²) in [6.45, 7) is 6.54. The third-order valence-electron chi connectivity index (χ3n) is 4.11.